The molecule has 3 N–H and O–H groups in total. The second-order valence-corrected chi connectivity index (χ2v) is 10.7. The van der Waals surface area contributed by atoms with E-state index in [2.05, 4.69) is 25.9 Å². The van der Waals surface area contributed by atoms with Gasteiger partial charge in [0.2, 0.25) is 0 Å². The average molecular weight is 478 g/mol. The third-order valence-electron chi connectivity index (χ3n) is 8.57. The van der Waals surface area contributed by atoms with E-state index in [4.69, 9.17) is 15.5 Å². The molecule has 6 rings (SSSR count). The molecule has 0 radical (unpaired) electrons. The van der Waals surface area contributed by atoms with Gasteiger partial charge < -0.3 is 20.4 Å². The zero-order valence-corrected chi connectivity index (χ0v) is 20.2. The molecule has 186 valence electrons. The molecule has 1 atom stereocenters. The Morgan fingerprint density at radius 1 is 1.17 bits per heavy atom. The van der Waals surface area contributed by atoms with Crippen LogP contribution in [0.15, 0.2) is 29.7 Å². The first-order chi connectivity index (χ1) is 17.1. The van der Waals surface area contributed by atoms with Crippen LogP contribution < -0.4 is 5.73 Å². The molecule has 3 aliphatic heterocycles. The summed E-state index contributed by atoms with van der Waals surface area (Å²) in [5.74, 6) is 0.568. The number of piperidine rings is 1. The number of carbonyl (C=O) groups excluding carboxylic acids is 1. The fraction of sp³-hybridized carbons (Fsp3) is 0.615. The van der Waals surface area contributed by atoms with Crippen LogP contribution in [0, 0.1) is 11.3 Å². The third kappa shape index (κ3) is 4.25. The van der Waals surface area contributed by atoms with Gasteiger partial charge >= 0.3 is 6.09 Å². The van der Waals surface area contributed by atoms with Gasteiger partial charge in [-0.3, -0.25) is 9.89 Å². The quantitative estimate of drug-likeness (QED) is 0.662. The predicted molar refractivity (Wildman–Crippen MR) is 135 cm³/mol. The number of nitrogens with two attached hydrogens (primary N) is 1. The van der Waals surface area contributed by atoms with Crippen LogP contribution in [-0.4, -0.2) is 88.5 Å². The van der Waals surface area contributed by atoms with E-state index >= 15 is 0 Å². The number of nitrogens with one attached hydrogen (secondary N) is 1. The van der Waals surface area contributed by atoms with Crippen molar-refractivity contribution in [1.29, 1.82) is 0 Å². The van der Waals surface area contributed by atoms with Crippen LogP contribution in [0.25, 0.3) is 16.6 Å². The van der Waals surface area contributed by atoms with Crippen molar-refractivity contribution >= 4 is 28.9 Å². The predicted octanol–water partition coefficient (Wildman–Crippen LogP) is 2.85. The van der Waals surface area contributed by atoms with Crippen LogP contribution in [-0.2, 0) is 4.74 Å². The highest BCUT2D eigenvalue weighted by Gasteiger charge is 2.50. The van der Waals surface area contributed by atoms with Gasteiger partial charge in [0.05, 0.1) is 18.3 Å². The van der Waals surface area contributed by atoms with E-state index in [1.807, 2.05) is 23.4 Å². The second kappa shape index (κ2) is 9.35. The van der Waals surface area contributed by atoms with Crippen molar-refractivity contribution in [2.45, 2.75) is 50.6 Å². The minimum atomic E-state index is -0.130. The molecule has 3 fully saturated rings. The Hall–Kier alpha value is -2.78. The molecule has 0 spiro atoms. The SMILES string of the molecule is NCC1(C2C=C(c3ncnc4[nH]ccc34)C=N2)CN(C2CCN(C(=O)OCC3CCCC3)CC2)C1. The maximum absolute atomic E-state index is 12.5. The van der Waals surface area contributed by atoms with E-state index in [1.165, 1.54) is 25.7 Å². The van der Waals surface area contributed by atoms with Crippen molar-refractivity contribution < 1.29 is 9.53 Å². The lowest BCUT2D eigenvalue weighted by atomic mass is 9.72. The number of aromatic amines is 1. The minimum absolute atomic E-state index is 0.0418. The van der Waals surface area contributed by atoms with Crippen LogP contribution in [0.1, 0.15) is 44.2 Å². The Kier molecular flexibility index (Phi) is 6.06. The van der Waals surface area contributed by atoms with Crippen molar-refractivity contribution in [2.75, 3.05) is 39.3 Å². The number of ether oxygens (including phenoxy) is 1. The second-order valence-electron chi connectivity index (χ2n) is 10.7. The van der Waals surface area contributed by atoms with E-state index < -0.39 is 0 Å². The highest BCUT2D eigenvalue weighted by molar-refractivity contribution is 6.15. The number of likely N-dealkylation sites (tertiary alicyclic amines) is 2. The van der Waals surface area contributed by atoms with Gasteiger partial charge in [-0.2, -0.15) is 0 Å². The third-order valence-corrected chi connectivity index (χ3v) is 8.57. The lowest BCUT2D eigenvalue weighted by molar-refractivity contribution is -0.0481. The summed E-state index contributed by atoms with van der Waals surface area (Å²) in [6.45, 7) is 4.61. The van der Waals surface area contributed by atoms with Gasteiger partial charge in [-0.05, 0) is 43.7 Å². The maximum atomic E-state index is 12.5. The van der Waals surface area contributed by atoms with Crippen LogP contribution in [0.4, 0.5) is 4.79 Å². The lowest BCUT2D eigenvalue weighted by Gasteiger charge is -2.55. The molecule has 1 saturated carbocycles. The van der Waals surface area contributed by atoms with Crippen molar-refractivity contribution in [2.24, 2.45) is 22.1 Å². The van der Waals surface area contributed by atoms with Gasteiger partial charge in [0, 0.05) is 67.6 Å². The van der Waals surface area contributed by atoms with Crippen LogP contribution >= 0.6 is 0 Å². The lowest BCUT2D eigenvalue weighted by Crippen LogP contribution is -2.67. The summed E-state index contributed by atoms with van der Waals surface area (Å²) in [4.78, 5) is 33.7. The summed E-state index contributed by atoms with van der Waals surface area (Å²) in [5.41, 5.74) is 9.07. The molecule has 5 heterocycles. The van der Waals surface area contributed by atoms with E-state index in [0.29, 0.717) is 25.1 Å². The molecular formula is C26H35N7O2. The fourth-order valence-electron chi connectivity index (χ4n) is 6.32. The fourth-order valence-corrected chi connectivity index (χ4v) is 6.32. The first kappa shape index (κ1) is 22.7. The number of aliphatic imine (C=N–C) groups is 1. The van der Waals surface area contributed by atoms with Crippen LogP contribution in [0.2, 0.25) is 0 Å². The van der Waals surface area contributed by atoms with Crippen molar-refractivity contribution in [3.63, 3.8) is 0 Å². The maximum Gasteiger partial charge on any atom is 0.409 e. The number of carbonyl (C=O) groups is 1. The van der Waals surface area contributed by atoms with E-state index in [9.17, 15) is 4.79 Å². The number of H-pyrrole nitrogens is 1. The van der Waals surface area contributed by atoms with Crippen molar-refractivity contribution in [3.05, 3.63) is 30.4 Å². The topological polar surface area (TPSA) is 113 Å². The molecule has 1 aliphatic carbocycles. The van der Waals surface area contributed by atoms with Crippen LogP contribution in [0.3, 0.4) is 0 Å². The zero-order valence-electron chi connectivity index (χ0n) is 20.2. The number of allylic oxidation sites excluding steroid dienone is 1. The Morgan fingerprint density at radius 2 is 1.97 bits per heavy atom. The van der Waals surface area contributed by atoms with Crippen molar-refractivity contribution in [1.82, 2.24) is 24.8 Å². The summed E-state index contributed by atoms with van der Waals surface area (Å²) >= 11 is 0. The number of rotatable bonds is 6. The Morgan fingerprint density at radius 3 is 2.74 bits per heavy atom. The van der Waals surface area contributed by atoms with E-state index in [0.717, 1.165) is 61.3 Å². The van der Waals surface area contributed by atoms with E-state index in [1.54, 1.807) is 6.33 Å². The number of aromatic nitrogens is 3. The van der Waals surface area contributed by atoms with Gasteiger partial charge in [0.25, 0.3) is 0 Å². The van der Waals surface area contributed by atoms with Crippen molar-refractivity contribution in [3.8, 4) is 0 Å². The molecule has 2 saturated heterocycles. The molecule has 4 aliphatic rings. The molecule has 1 amide bonds. The Labute approximate surface area is 205 Å². The summed E-state index contributed by atoms with van der Waals surface area (Å²) in [6.07, 6.45) is 14.4. The van der Waals surface area contributed by atoms with Gasteiger partial charge in [-0.25, -0.2) is 14.8 Å². The highest BCUT2D eigenvalue weighted by atomic mass is 16.6. The summed E-state index contributed by atoms with van der Waals surface area (Å²) in [5, 5.41) is 1.01. The molecule has 9 nitrogen and oxygen atoms in total. The molecule has 35 heavy (non-hydrogen) atoms. The van der Waals surface area contributed by atoms with E-state index in [-0.39, 0.29) is 17.6 Å². The summed E-state index contributed by atoms with van der Waals surface area (Å²) < 4.78 is 5.61. The summed E-state index contributed by atoms with van der Waals surface area (Å²) in [7, 11) is 0. The molecule has 1 unspecified atom stereocenters. The number of fused-ring (bicyclic) bond motifs is 1. The first-order valence-electron chi connectivity index (χ1n) is 13.0. The standard InChI is InChI=1S/C26H35N7O2/c27-14-26(22-11-19(12-29-22)23-21-5-8-28-24(21)31-17-30-23)15-33(16-26)20-6-9-32(10-7-20)25(34)35-13-18-3-1-2-4-18/h5,8,11-12,17-18,20,22H,1-4,6-7,9-10,13-16,27H2,(H,28,30,31). The highest BCUT2D eigenvalue weighted by Crippen LogP contribution is 2.41. The number of hydrogen-bond donors (Lipinski definition) is 2. The smallest absolute Gasteiger partial charge is 0.409 e. The molecule has 0 bridgehead atoms. The average Bonchev–Trinajstić information content (AvgIpc) is 3.64. The molecule has 2 aromatic rings. The molecule has 0 aromatic carbocycles. The van der Waals surface area contributed by atoms with Crippen LogP contribution in [0.5, 0.6) is 0 Å². The van der Waals surface area contributed by atoms with Gasteiger partial charge in [-0.1, -0.05) is 12.8 Å². The monoisotopic (exact) mass is 477 g/mol. The number of nitrogens with zero attached hydrogens (tertiary/aromatic N) is 5. The van der Waals surface area contributed by atoms with Gasteiger partial charge in [0.15, 0.2) is 0 Å². The Balaban J connectivity index is 1.03. The zero-order chi connectivity index (χ0) is 23.8. The van der Waals surface area contributed by atoms with Gasteiger partial charge in [-0.15, -0.1) is 0 Å². The number of amides is 1. The Bertz CT molecular complexity index is 1120. The summed E-state index contributed by atoms with van der Waals surface area (Å²) in [6, 6.07) is 2.56. The molecule has 9 heteroatoms. The largest absolute Gasteiger partial charge is 0.449 e. The minimum Gasteiger partial charge on any atom is -0.449 e. The van der Waals surface area contributed by atoms with Gasteiger partial charge in [0.1, 0.15) is 12.0 Å². The molecular weight excluding hydrogens is 442 g/mol. The first-order valence-corrected chi connectivity index (χ1v) is 13.0. The number of hydrogen-bond acceptors (Lipinski definition) is 7. The molecule has 2 aromatic heterocycles. The normalized spacial score (nSPS) is 25.2.